The predicted molar refractivity (Wildman–Crippen MR) is 87.0 cm³/mol. The molecule has 1 heterocycles. The molecule has 1 aromatic carbocycles. The largest absolute Gasteiger partial charge is 0.491 e. The number of nitriles is 1. The molecule has 1 amide bonds. The van der Waals surface area contributed by atoms with Gasteiger partial charge in [-0.05, 0) is 33.8 Å². The standard InChI is InChI=1S/C18H22N2O4/c1-17(2,3)24-15(21)9-18(4,11-19)16(22)20-13-10-23-14-8-6-5-7-12(13)14/h5-8,13H,9-10H2,1-4H3,(H,20,22). The predicted octanol–water partition coefficient (Wildman–Crippen LogP) is 2.50. The van der Waals surface area contributed by atoms with Gasteiger partial charge in [-0.1, -0.05) is 18.2 Å². The van der Waals surface area contributed by atoms with E-state index in [1.54, 1.807) is 20.8 Å². The van der Waals surface area contributed by atoms with Gasteiger partial charge in [-0.15, -0.1) is 0 Å². The highest BCUT2D eigenvalue weighted by Gasteiger charge is 2.39. The summed E-state index contributed by atoms with van der Waals surface area (Å²) in [6.45, 7) is 6.96. The van der Waals surface area contributed by atoms with Crippen molar-refractivity contribution in [1.29, 1.82) is 5.26 Å². The SMILES string of the molecule is CC(C)(C)OC(=O)CC(C)(C#N)C(=O)NC1COc2ccccc21. The number of nitrogens with one attached hydrogen (secondary N) is 1. The van der Waals surface area contributed by atoms with E-state index in [0.29, 0.717) is 12.4 Å². The van der Waals surface area contributed by atoms with Crippen molar-refractivity contribution in [3.8, 4) is 11.8 Å². The number of esters is 1. The first-order valence-corrected chi connectivity index (χ1v) is 7.80. The maximum absolute atomic E-state index is 12.6. The molecule has 1 N–H and O–H groups in total. The van der Waals surface area contributed by atoms with Crippen LogP contribution in [0.5, 0.6) is 5.75 Å². The molecule has 0 spiro atoms. The summed E-state index contributed by atoms with van der Waals surface area (Å²) in [6.07, 6.45) is -0.304. The second kappa shape index (κ2) is 6.52. The van der Waals surface area contributed by atoms with Crippen molar-refractivity contribution in [3.05, 3.63) is 29.8 Å². The van der Waals surface area contributed by atoms with Crippen LogP contribution < -0.4 is 10.1 Å². The van der Waals surface area contributed by atoms with Crippen LogP contribution >= 0.6 is 0 Å². The fraction of sp³-hybridized carbons (Fsp3) is 0.500. The first-order valence-electron chi connectivity index (χ1n) is 7.80. The molecule has 128 valence electrons. The number of hydrogen-bond donors (Lipinski definition) is 1. The maximum atomic E-state index is 12.6. The van der Waals surface area contributed by atoms with Crippen LogP contribution in [-0.4, -0.2) is 24.1 Å². The van der Waals surface area contributed by atoms with Gasteiger partial charge >= 0.3 is 5.97 Å². The van der Waals surface area contributed by atoms with E-state index in [4.69, 9.17) is 9.47 Å². The van der Waals surface area contributed by atoms with Crippen LogP contribution in [-0.2, 0) is 14.3 Å². The number of hydrogen-bond acceptors (Lipinski definition) is 5. The Morgan fingerprint density at radius 3 is 2.62 bits per heavy atom. The molecule has 6 heteroatoms. The summed E-state index contributed by atoms with van der Waals surface area (Å²) in [5, 5.41) is 12.2. The summed E-state index contributed by atoms with van der Waals surface area (Å²) < 4.78 is 10.7. The van der Waals surface area contributed by atoms with Crippen LogP contribution in [0.25, 0.3) is 0 Å². The fourth-order valence-corrected chi connectivity index (χ4v) is 2.44. The average Bonchev–Trinajstić information content (AvgIpc) is 2.88. The molecular weight excluding hydrogens is 308 g/mol. The van der Waals surface area contributed by atoms with Crippen molar-refractivity contribution in [3.63, 3.8) is 0 Å². The van der Waals surface area contributed by atoms with Crippen molar-refractivity contribution < 1.29 is 19.1 Å². The summed E-state index contributed by atoms with van der Waals surface area (Å²) in [6, 6.07) is 9.01. The summed E-state index contributed by atoms with van der Waals surface area (Å²) in [7, 11) is 0. The van der Waals surface area contributed by atoms with Crippen molar-refractivity contribution in [1.82, 2.24) is 5.32 Å². The maximum Gasteiger partial charge on any atom is 0.308 e. The van der Waals surface area contributed by atoms with Crippen LogP contribution in [0.2, 0.25) is 0 Å². The quantitative estimate of drug-likeness (QED) is 0.857. The number of benzene rings is 1. The Hall–Kier alpha value is -2.55. The third kappa shape index (κ3) is 4.05. The molecule has 0 bridgehead atoms. The zero-order chi connectivity index (χ0) is 18.0. The Kier molecular flexibility index (Phi) is 4.83. The van der Waals surface area contributed by atoms with Gasteiger partial charge in [0.2, 0.25) is 5.91 Å². The van der Waals surface area contributed by atoms with Gasteiger partial charge < -0.3 is 14.8 Å². The van der Waals surface area contributed by atoms with E-state index in [2.05, 4.69) is 5.32 Å². The molecule has 1 aliphatic rings. The highest BCUT2D eigenvalue weighted by atomic mass is 16.6. The van der Waals surface area contributed by atoms with Crippen LogP contribution in [0.3, 0.4) is 0 Å². The number of carbonyl (C=O) groups excluding carboxylic acids is 2. The lowest BCUT2D eigenvalue weighted by atomic mass is 9.87. The van der Waals surface area contributed by atoms with Crippen molar-refractivity contribution in [2.24, 2.45) is 5.41 Å². The van der Waals surface area contributed by atoms with E-state index in [-0.39, 0.29) is 12.5 Å². The normalized spacial score (nSPS) is 18.5. The average molecular weight is 330 g/mol. The third-order valence-electron chi connectivity index (χ3n) is 3.67. The lowest BCUT2D eigenvalue weighted by Crippen LogP contribution is -2.42. The Bertz CT molecular complexity index is 687. The molecule has 2 unspecified atom stereocenters. The third-order valence-corrected chi connectivity index (χ3v) is 3.67. The van der Waals surface area contributed by atoms with E-state index < -0.39 is 22.9 Å². The minimum absolute atomic E-state index is 0.304. The van der Waals surface area contributed by atoms with Crippen molar-refractivity contribution in [2.45, 2.75) is 45.8 Å². The second-order valence-electron chi connectivity index (χ2n) is 7.08. The van der Waals surface area contributed by atoms with Crippen LogP contribution in [0, 0.1) is 16.7 Å². The monoisotopic (exact) mass is 330 g/mol. The van der Waals surface area contributed by atoms with Gasteiger partial charge in [-0.3, -0.25) is 9.59 Å². The number of amides is 1. The molecule has 6 nitrogen and oxygen atoms in total. The van der Waals surface area contributed by atoms with Gasteiger partial charge in [0, 0.05) is 5.56 Å². The number of fused-ring (bicyclic) bond motifs is 1. The molecule has 0 saturated heterocycles. The number of nitrogens with zero attached hydrogens (tertiary/aromatic N) is 1. The lowest BCUT2D eigenvalue weighted by molar-refractivity contribution is -0.158. The molecule has 1 aromatic rings. The molecule has 24 heavy (non-hydrogen) atoms. The molecule has 2 atom stereocenters. The van der Waals surface area contributed by atoms with E-state index in [1.807, 2.05) is 30.3 Å². The van der Waals surface area contributed by atoms with E-state index in [0.717, 1.165) is 5.56 Å². The van der Waals surface area contributed by atoms with Gasteiger partial charge in [-0.25, -0.2) is 0 Å². The van der Waals surface area contributed by atoms with Gasteiger partial charge in [0.15, 0.2) is 0 Å². The highest BCUT2D eigenvalue weighted by Crippen LogP contribution is 2.33. The van der Waals surface area contributed by atoms with Crippen LogP contribution in [0.1, 0.15) is 45.7 Å². The molecule has 0 aromatic heterocycles. The Balaban J connectivity index is 2.06. The second-order valence-corrected chi connectivity index (χ2v) is 7.08. The molecule has 0 saturated carbocycles. The summed E-state index contributed by atoms with van der Waals surface area (Å²) in [4.78, 5) is 24.6. The van der Waals surface area contributed by atoms with Gasteiger partial charge in [-0.2, -0.15) is 5.26 Å². The van der Waals surface area contributed by atoms with E-state index in [1.165, 1.54) is 6.92 Å². The molecule has 0 radical (unpaired) electrons. The topological polar surface area (TPSA) is 88.4 Å². The fourth-order valence-electron chi connectivity index (χ4n) is 2.44. The minimum Gasteiger partial charge on any atom is -0.491 e. The number of rotatable bonds is 4. The number of carbonyl (C=O) groups is 2. The highest BCUT2D eigenvalue weighted by molar-refractivity contribution is 5.90. The van der Waals surface area contributed by atoms with Gasteiger partial charge in [0.1, 0.15) is 23.4 Å². The van der Waals surface area contributed by atoms with Crippen LogP contribution in [0.15, 0.2) is 24.3 Å². The molecule has 2 rings (SSSR count). The van der Waals surface area contributed by atoms with Gasteiger partial charge in [0.25, 0.3) is 0 Å². The molecule has 0 aliphatic carbocycles. The van der Waals surface area contributed by atoms with E-state index in [9.17, 15) is 14.9 Å². The van der Waals surface area contributed by atoms with Crippen molar-refractivity contribution >= 4 is 11.9 Å². The molecule has 1 aliphatic heterocycles. The van der Waals surface area contributed by atoms with Crippen molar-refractivity contribution in [2.75, 3.05) is 6.61 Å². The van der Waals surface area contributed by atoms with E-state index >= 15 is 0 Å². The molecule has 0 fully saturated rings. The first kappa shape index (κ1) is 17.8. The summed E-state index contributed by atoms with van der Waals surface area (Å²) in [5.74, 6) is -0.375. The summed E-state index contributed by atoms with van der Waals surface area (Å²) in [5.41, 5.74) is -1.30. The Morgan fingerprint density at radius 1 is 1.33 bits per heavy atom. The zero-order valence-electron chi connectivity index (χ0n) is 14.4. The van der Waals surface area contributed by atoms with Crippen LogP contribution in [0.4, 0.5) is 0 Å². The summed E-state index contributed by atoms with van der Waals surface area (Å²) >= 11 is 0. The molecular formula is C18H22N2O4. The smallest absolute Gasteiger partial charge is 0.308 e. The number of ether oxygens (including phenoxy) is 2. The lowest BCUT2D eigenvalue weighted by Gasteiger charge is -2.25. The Morgan fingerprint density at radius 2 is 2.00 bits per heavy atom. The Labute approximate surface area is 141 Å². The minimum atomic E-state index is -1.50. The number of para-hydroxylation sites is 1. The first-order chi connectivity index (χ1) is 11.1. The zero-order valence-corrected chi connectivity index (χ0v) is 14.4. The van der Waals surface area contributed by atoms with Gasteiger partial charge in [0.05, 0.1) is 18.5 Å².